The van der Waals surface area contributed by atoms with E-state index >= 15 is 0 Å². The monoisotopic (exact) mass is 293 g/mol. The van der Waals surface area contributed by atoms with Crippen LogP contribution in [0.2, 0.25) is 0 Å². The molecule has 0 bridgehead atoms. The Kier molecular flexibility index (Phi) is 2.64. The van der Waals surface area contributed by atoms with Crippen molar-refractivity contribution in [2.45, 2.75) is 13.1 Å². The van der Waals surface area contributed by atoms with Crippen LogP contribution in [-0.4, -0.2) is 9.97 Å². The van der Waals surface area contributed by atoms with E-state index in [0.29, 0.717) is 11.4 Å². The fourth-order valence-corrected chi connectivity index (χ4v) is 2.28. The molecule has 17 heavy (non-hydrogen) atoms. The van der Waals surface area contributed by atoms with Crippen LogP contribution in [0.15, 0.2) is 28.9 Å². The van der Waals surface area contributed by atoms with Crippen LogP contribution < -0.4 is 5.32 Å². The van der Waals surface area contributed by atoms with Crippen LogP contribution in [0.3, 0.4) is 0 Å². The van der Waals surface area contributed by atoms with E-state index in [9.17, 15) is 4.39 Å². The lowest BCUT2D eigenvalue weighted by Crippen LogP contribution is -2.00. The Bertz CT molecular complexity index is 586. The third-order valence-electron chi connectivity index (χ3n) is 2.73. The molecular weight excluding hydrogens is 285 g/mol. The zero-order valence-electron chi connectivity index (χ0n) is 8.87. The van der Waals surface area contributed by atoms with Gasteiger partial charge in [0.15, 0.2) is 5.82 Å². The summed E-state index contributed by atoms with van der Waals surface area (Å²) in [4.78, 5) is 8.73. The second-order valence-electron chi connectivity index (χ2n) is 3.89. The van der Waals surface area contributed by atoms with E-state index < -0.39 is 0 Å². The predicted molar refractivity (Wildman–Crippen MR) is 65.7 cm³/mol. The molecule has 1 aromatic carbocycles. The standard InChI is InChI=1S/C12H9BrFN3/c13-10-2-1-8(14)3-9(10)12-16-5-7-4-15-6-11(7)17-12/h1-3,5,15H,4,6H2. The Morgan fingerprint density at radius 3 is 3.06 bits per heavy atom. The van der Waals surface area contributed by atoms with Gasteiger partial charge in [0.25, 0.3) is 0 Å². The average molecular weight is 294 g/mol. The molecule has 0 saturated carbocycles. The summed E-state index contributed by atoms with van der Waals surface area (Å²) in [5, 5.41) is 3.20. The van der Waals surface area contributed by atoms with Crippen LogP contribution in [0.1, 0.15) is 11.3 Å². The number of hydrogen-bond acceptors (Lipinski definition) is 3. The first-order valence-corrected chi connectivity index (χ1v) is 6.04. The Balaban J connectivity index is 2.12. The minimum Gasteiger partial charge on any atom is -0.307 e. The van der Waals surface area contributed by atoms with Crippen LogP contribution in [0, 0.1) is 5.82 Å². The van der Waals surface area contributed by atoms with E-state index in [-0.39, 0.29) is 5.82 Å². The minimum absolute atomic E-state index is 0.287. The van der Waals surface area contributed by atoms with Crippen molar-refractivity contribution in [1.29, 1.82) is 0 Å². The highest BCUT2D eigenvalue weighted by Crippen LogP contribution is 2.27. The molecule has 86 valence electrons. The fourth-order valence-electron chi connectivity index (χ4n) is 1.86. The number of aromatic nitrogens is 2. The van der Waals surface area contributed by atoms with E-state index in [1.807, 2.05) is 0 Å². The number of benzene rings is 1. The van der Waals surface area contributed by atoms with Crippen molar-refractivity contribution in [3.8, 4) is 11.4 Å². The zero-order valence-corrected chi connectivity index (χ0v) is 10.5. The molecule has 3 nitrogen and oxygen atoms in total. The van der Waals surface area contributed by atoms with E-state index in [4.69, 9.17) is 0 Å². The van der Waals surface area contributed by atoms with Gasteiger partial charge in [-0.25, -0.2) is 14.4 Å². The third kappa shape index (κ3) is 1.96. The van der Waals surface area contributed by atoms with E-state index in [1.54, 1.807) is 12.3 Å². The van der Waals surface area contributed by atoms with E-state index in [1.165, 1.54) is 12.1 Å². The lowest BCUT2D eigenvalue weighted by atomic mass is 10.2. The summed E-state index contributed by atoms with van der Waals surface area (Å²) in [6.45, 7) is 1.55. The molecule has 1 aliphatic heterocycles. The van der Waals surface area contributed by atoms with Gasteiger partial charge in [0.1, 0.15) is 5.82 Å². The van der Waals surface area contributed by atoms with Crippen LogP contribution in [0.4, 0.5) is 4.39 Å². The van der Waals surface area contributed by atoms with Crippen LogP contribution in [0.5, 0.6) is 0 Å². The Morgan fingerprint density at radius 2 is 2.18 bits per heavy atom. The second-order valence-corrected chi connectivity index (χ2v) is 4.75. The van der Waals surface area contributed by atoms with Crippen molar-refractivity contribution < 1.29 is 4.39 Å². The molecule has 1 N–H and O–H groups in total. The van der Waals surface area contributed by atoms with Crippen molar-refractivity contribution in [2.75, 3.05) is 0 Å². The Morgan fingerprint density at radius 1 is 1.29 bits per heavy atom. The summed E-state index contributed by atoms with van der Waals surface area (Å²) in [5.74, 6) is 0.268. The quantitative estimate of drug-likeness (QED) is 0.878. The van der Waals surface area contributed by atoms with E-state index in [2.05, 4.69) is 31.2 Å². The first kappa shape index (κ1) is 10.8. The van der Waals surface area contributed by atoms with Crippen molar-refractivity contribution in [3.63, 3.8) is 0 Å². The predicted octanol–water partition coefficient (Wildman–Crippen LogP) is 2.65. The molecule has 0 fully saturated rings. The van der Waals surface area contributed by atoms with Gasteiger partial charge >= 0.3 is 0 Å². The highest BCUT2D eigenvalue weighted by atomic mass is 79.9. The van der Waals surface area contributed by atoms with E-state index in [0.717, 1.165) is 28.8 Å². The van der Waals surface area contributed by atoms with Crippen molar-refractivity contribution >= 4 is 15.9 Å². The van der Waals surface area contributed by atoms with Gasteiger partial charge in [0.2, 0.25) is 0 Å². The molecule has 0 radical (unpaired) electrons. The lowest BCUT2D eigenvalue weighted by molar-refractivity contribution is 0.628. The molecule has 0 atom stereocenters. The molecule has 5 heteroatoms. The number of nitrogens with one attached hydrogen (secondary N) is 1. The number of fused-ring (bicyclic) bond motifs is 1. The van der Waals surface area contributed by atoms with Crippen molar-refractivity contribution in [3.05, 3.63) is 45.9 Å². The smallest absolute Gasteiger partial charge is 0.160 e. The molecule has 0 unspecified atom stereocenters. The maximum atomic E-state index is 13.2. The van der Waals surface area contributed by atoms with Gasteiger partial charge < -0.3 is 5.32 Å². The van der Waals surface area contributed by atoms with Gasteiger partial charge in [-0.1, -0.05) is 15.9 Å². The van der Waals surface area contributed by atoms with Gasteiger partial charge in [0, 0.05) is 34.9 Å². The SMILES string of the molecule is Fc1ccc(Br)c(-c2ncc3c(n2)CNC3)c1. The summed E-state index contributed by atoms with van der Waals surface area (Å²) in [7, 11) is 0. The highest BCUT2D eigenvalue weighted by molar-refractivity contribution is 9.10. The normalized spacial score (nSPS) is 13.8. The van der Waals surface area contributed by atoms with Gasteiger partial charge in [-0.3, -0.25) is 0 Å². The van der Waals surface area contributed by atoms with Crippen molar-refractivity contribution in [2.24, 2.45) is 0 Å². The second kappa shape index (κ2) is 4.16. The Hall–Kier alpha value is -1.33. The molecule has 0 saturated heterocycles. The summed E-state index contributed by atoms with van der Waals surface area (Å²) in [5.41, 5.74) is 2.78. The largest absolute Gasteiger partial charge is 0.307 e. The Labute approximate surface area is 106 Å². The zero-order chi connectivity index (χ0) is 11.8. The van der Waals surface area contributed by atoms with Crippen LogP contribution in [-0.2, 0) is 13.1 Å². The molecule has 2 heterocycles. The summed E-state index contributed by atoms with van der Waals surface area (Å²) in [6.07, 6.45) is 1.80. The number of rotatable bonds is 1. The molecule has 1 aromatic heterocycles. The summed E-state index contributed by atoms with van der Waals surface area (Å²) in [6, 6.07) is 4.51. The molecule has 0 aliphatic carbocycles. The first-order chi connectivity index (χ1) is 8.24. The molecular formula is C12H9BrFN3. The first-order valence-electron chi connectivity index (χ1n) is 5.25. The van der Waals surface area contributed by atoms with Crippen LogP contribution in [0.25, 0.3) is 11.4 Å². The molecule has 2 aromatic rings. The van der Waals surface area contributed by atoms with Gasteiger partial charge in [-0.2, -0.15) is 0 Å². The molecule has 3 rings (SSSR count). The van der Waals surface area contributed by atoms with Gasteiger partial charge in [-0.15, -0.1) is 0 Å². The molecule has 0 amide bonds. The fraction of sp³-hybridized carbons (Fsp3) is 0.167. The maximum absolute atomic E-state index is 13.2. The summed E-state index contributed by atoms with van der Waals surface area (Å²) < 4.78 is 14.0. The lowest BCUT2D eigenvalue weighted by Gasteiger charge is -2.05. The molecule has 1 aliphatic rings. The van der Waals surface area contributed by atoms with Gasteiger partial charge in [0.05, 0.1) is 5.69 Å². The highest BCUT2D eigenvalue weighted by Gasteiger charge is 2.15. The third-order valence-corrected chi connectivity index (χ3v) is 3.42. The number of nitrogens with zero attached hydrogens (tertiary/aromatic N) is 2. The average Bonchev–Trinajstić information content (AvgIpc) is 2.79. The maximum Gasteiger partial charge on any atom is 0.160 e. The molecule has 0 spiro atoms. The summed E-state index contributed by atoms with van der Waals surface area (Å²) >= 11 is 3.39. The minimum atomic E-state index is -0.287. The topological polar surface area (TPSA) is 37.8 Å². The van der Waals surface area contributed by atoms with Crippen molar-refractivity contribution in [1.82, 2.24) is 15.3 Å². The van der Waals surface area contributed by atoms with Crippen LogP contribution >= 0.6 is 15.9 Å². The van der Waals surface area contributed by atoms with Gasteiger partial charge in [-0.05, 0) is 18.2 Å². The number of hydrogen-bond donors (Lipinski definition) is 1. The number of halogens is 2.